The van der Waals surface area contributed by atoms with E-state index in [1.807, 2.05) is 35.2 Å². The fraction of sp³-hybridized carbons (Fsp3) is 0.185. The second kappa shape index (κ2) is 8.22. The summed E-state index contributed by atoms with van der Waals surface area (Å²) in [7, 11) is 0. The molecule has 0 saturated carbocycles. The van der Waals surface area contributed by atoms with Crippen LogP contribution in [0.2, 0.25) is 5.02 Å². The number of aromatic nitrogens is 3. The van der Waals surface area contributed by atoms with Gasteiger partial charge in [-0.1, -0.05) is 77.0 Å². The van der Waals surface area contributed by atoms with Gasteiger partial charge in [0, 0.05) is 16.2 Å². The van der Waals surface area contributed by atoms with E-state index < -0.39 is 0 Å². The van der Waals surface area contributed by atoms with Crippen molar-refractivity contribution >= 4 is 35.0 Å². The van der Waals surface area contributed by atoms with Crippen molar-refractivity contribution in [2.75, 3.05) is 11.6 Å². The molecule has 0 unspecified atom stereocenters. The minimum atomic E-state index is -0.335. The van der Waals surface area contributed by atoms with Gasteiger partial charge in [-0.05, 0) is 55.5 Å². The van der Waals surface area contributed by atoms with E-state index in [-0.39, 0.29) is 12.1 Å². The van der Waals surface area contributed by atoms with Crippen LogP contribution in [-0.2, 0) is 0 Å². The van der Waals surface area contributed by atoms with E-state index >= 15 is 0 Å². The van der Waals surface area contributed by atoms with Gasteiger partial charge in [-0.25, -0.2) is 4.68 Å². The lowest BCUT2D eigenvalue weighted by Crippen LogP contribution is -2.32. The molecule has 170 valence electrons. The summed E-state index contributed by atoms with van der Waals surface area (Å²) in [6.45, 7) is 4.19. The first kappa shape index (κ1) is 21.3. The zero-order valence-corrected chi connectivity index (χ0v) is 20.6. The second-order valence-corrected chi connectivity index (χ2v) is 9.90. The molecular weight excluding hydrogens is 464 g/mol. The highest BCUT2D eigenvalue weighted by atomic mass is 35.5. The summed E-state index contributed by atoms with van der Waals surface area (Å²) in [6, 6.07) is 22.6. The van der Waals surface area contributed by atoms with Crippen LogP contribution < -0.4 is 10.1 Å². The van der Waals surface area contributed by atoms with Crippen LogP contribution >= 0.6 is 23.4 Å². The lowest BCUT2D eigenvalue weighted by Gasteiger charge is -2.39. The van der Waals surface area contributed by atoms with Gasteiger partial charge in [0.05, 0.1) is 5.70 Å². The summed E-state index contributed by atoms with van der Waals surface area (Å²) in [5.41, 5.74) is 7.65. The number of fused-ring (bicyclic) bond motifs is 3. The van der Waals surface area contributed by atoms with Gasteiger partial charge in [-0.2, -0.15) is 4.98 Å². The highest BCUT2D eigenvalue weighted by molar-refractivity contribution is 7.98. The Morgan fingerprint density at radius 3 is 2.53 bits per heavy atom. The van der Waals surface area contributed by atoms with Crippen LogP contribution in [0.25, 0.3) is 5.70 Å². The fourth-order valence-electron chi connectivity index (χ4n) is 4.72. The molecule has 5 nitrogen and oxygen atoms in total. The Balaban J connectivity index is 1.65. The monoisotopic (exact) mass is 486 g/mol. The Hall–Kier alpha value is -3.22. The molecule has 34 heavy (non-hydrogen) atoms. The number of hydrogen-bond donors (Lipinski definition) is 1. The minimum Gasteiger partial charge on any atom is -0.480 e. The van der Waals surface area contributed by atoms with Crippen molar-refractivity contribution in [2.24, 2.45) is 0 Å². The van der Waals surface area contributed by atoms with Gasteiger partial charge in [-0.15, -0.1) is 5.10 Å². The van der Waals surface area contributed by atoms with Gasteiger partial charge >= 0.3 is 0 Å². The largest absolute Gasteiger partial charge is 0.480 e. The van der Waals surface area contributed by atoms with E-state index in [0.29, 0.717) is 5.02 Å². The molecule has 2 aliphatic heterocycles. The van der Waals surface area contributed by atoms with E-state index in [0.717, 1.165) is 44.8 Å². The van der Waals surface area contributed by atoms with Gasteiger partial charge in [-0.3, -0.25) is 0 Å². The number of aryl methyl sites for hydroxylation is 2. The van der Waals surface area contributed by atoms with Crippen molar-refractivity contribution in [3.63, 3.8) is 0 Å². The van der Waals surface area contributed by atoms with Gasteiger partial charge in [0.25, 0.3) is 0 Å². The van der Waals surface area contributed by atoms with E-state index in [1.54, 1.807) is 0 Å². The summed E-state index contributed by atoms with van der Waals surface area (Å²) in [5, 5.41) is 9.86. The summed E-state index contributed by atoms with van der Waals surface area (Å²) in [6.07, 6.45) is 1.66. The molecule has 1 aromatic heterocycles. The van der Waals surface area contributed by atoms with Crippen molar-refractivity contribution in [1.29, 1.82) is 0 Å². The number of thioether (sulfide) groups is 1. The Morgan fingerprint density at radius 1 is 0.971 bits per heavy atom. The standard InChI is InChI=1S/C27H23ClN4OS/c1-15-7-10-17(11-8-15)24-22-23(29-26-30-27(34-3)31-32(24)26)20-13-16(2)9-12-21(20)33-25(22)18-5-4-6-19(28)14-18/h4-14,24-25H,1-3H3,(H,29,30,31)/t24-,25+/m0/s1. The number of nitrogens with one attached hydrogen (secondary N) is 1. The molecule has 2 aliphatic rings. The third kappa shape index (κ3) is 3.49. The number of benzene rings is 3. The number of nitrogens with zero attached hydrogens (tertiary/aromatic N) is 3. The van der Waals surface area contributed by atoms with Crippen molar-refractivity contribution < 1.29 is 4.74 Å². The normalized spacial score (nSPS) is 18.5. The van der Waals surface area contributed by atoms with Crippen molar-refractivity contribution in [1.82, 2.24) is 14.8 Å². The summed E-state index contributed by atoms with van der Waals surface area (Å²) >= 11 is 7.95. The Kier molecular flexibility index (Phi) is 5.15. The zero-order valence-electron chi connectivity index (χ0n) is 19.0. The Morgan fingerprint density at radius 2 is 1.76 bits per heavy atom. The molecule has 0 bridgehead atoms. The van der Waals surface area contributed by atoms with E-state index in [4.69, 9.17) is 26.4 Å². The Bertz CT molecular complexity index is 1440. The lowest BCUT2D eigenvalue weighted by molar-refractivity contribution is 0.223. The quantitative estimate of drug-likeness (QED) is 0.321. The molecule has 0 aliphatic carbocycles. The molecule has 0 amide bonds. The van der Waals surface area contributed by atoms with Gasteiger partial charge in [0.2, 0.25) is 11.1 Å². The number of anilines is 1. The predicted octanol–water partition coefficient (Wildman–Crippen LogP) is 6.83. The molecule has 4 aromatic rings. The maximum absolute atomic E-state index is 6.70. The Labute approximate surface area is 207 Å². The zero-order chi connectivity index (χ0) is 23.4. The van der Waals surface area contributed by atoms with Crippen molar-refractivity contribution in [2.45, 2.75) is 31.1 Å². The third-order valence-corrected chi connectivity index (χ3v) is 7.11. The highest BCUT2D eigenvalue weighted by Gasteiger charge is 2.41. The van der Waals surface area contributed by atoms with Gasteiger partial charge < -0.3 is 10.1 Å². The number of halogens is 1. The van der Waals surface area contributed by atoms with Crippen LogP contribution in [0.1, 0.15) is 40.0 Å². The third-order valence-electron chi connectivity index (χ3n) is 6.34. The number of ether oxygens (including phenoxy) is 1. The molecule has 6 rings (SSSR count). The van der Waals surface area contributed by atoms with Gasteiger partial charge in [0.1, 0.15) is 17.9 Å². The molecule has 0 saturated heterocycles. The molecule has 3 heterocycles. The lowest BCUT2D eigenvalue weighted by atomic mass is 9.84. The molecule has 0 spiro atoms. The van der Waals surface area contributed by atoms with Crippen LogP contribution in [0.4, 0.5) is 5.95 Å². The van der Waals surface area contributed by atoms with E-state index in [1.165, 1.54) is 22.9 Å². The molecule has 2 atom stereocenters. The minimum absolute atomic E-state index is 0.183. The van der Waals surface area contributed by atoms with Gasteiger partial charge in [0.15, 0.2) is 0 Å². The van der Waals surface area contributed by atoms with E-state index in [9.17, 15) is 0 Å². The van der Waals surface area contributed by atoms with Crippen molar-refractivity contribution in [3.8, 4) is 5.75 Å². The smallest absolute Gasteiger partial charge is 0.227 e. The first-order valence-corrected chi connectivity index (χ1v) is 12.7. The maximum atomic E-state index is 6.70. The first-order chi connectivity index (χ1) is 16.5. The summed E-state index contributed by atoms with van der Waals surface area (Å²) in [5.74, 6) is 1.57. The molecule has 1 N–H and O–H groups in total. The summed E-state index contributed by atoms with van der Waals surface area (Å²) < 4.78 is 8.68. The predicted molar refractivity (Wildman–Crippen MR) is 138 cm³/mol. The van der Waals surface area contributed by atoms with Crippen LogP contribution in [0.15, 0.2) is 77.5 Å². The summed E-state index contributed by atoms with van der Waals surface area (Å²) in [4.78, 5) is 4.77. The van der Waals surface area contributed by atoms with Crippen LogP contribution in [-0.4, -0.2) is 21.0 Å². The van der Waals surface area contributed by atoms with E-state index in [2.05, 4.69) is 61.6 Å². The second-order valence-electron chi connectivity index (χ2n) is 8.69. The van der Waals surface area contributed by atoms with Crippen LogP contribution in [0.3, 0.4) is 0 Å². The van der Waals surface area contributed by atoms with Crippen molar-refractivity contribution in [3.05, 3.63) is 105 Å². The average molecular weight is 487 g/mol. The topological polar surface area (TPSA) is 52.0 Å². The molecule has 7 heteroatoms. The van der Waals surface area contributed by atoms with Crippen LogP contribution in [0, 0.1) is 13.8 Å². The average Bonchev–Trinajstić information content (AvgIpc) is 3.26. The molecule has 3 aromatic carbocycles. The molecule has 0 fully saturated rings. The molecular formula is C27H23ClN4OS. The fourth-order valence-corrected chi connectivity index (χ4v) is 5.27. The number of rotatable bonds is 3. The number of hydrogen-bond acceptors (Lipinski definition) is 5. The molecule has 0 radical (unpaired) electrons. The maximum Gasteiger partial charge on any atom is 0.227 e. The SMILES string of the molecule is CSc1nc2n(n1)[C@@H](c1ccc(C)cc1)C1=C(N2)c2cc(C)ccc2O[C@@H]1c1cccc(Cl)c1. The highest BCUT2D eigenvalue weighted by Crippen LogP contribution is 2.51. The van der Waals surface area contributed by atoms with Crippen LogP contribution in [0.5, 0.6) is 5.75 Å². The first-order valence-electron chi connectivity index (χ1n) is 11.1.